The van der Waals surface area contributed by atoms with Crippen molar-refractivity contribution in [3.05, 3.63) is 47.5 Å². The Morgan fingerprint density at radius 3 is 2.90 bits per heavy atom. The summed E-state index contributed by atoms with van der Waals surface area (Å²) in [5.74, 6) is 1.59. The normalized spacial score (nSPS) is 13.2. The van der Waals surface area contributed by atoms with Crippen LogP contribution in [0.25, 0.3) is 11.1 Å². The van der Waals surface area contributed by atoms with E-state index in [9.17, 15) is 4.79 Å². The number of carbonyl (C=O) groups excluding carboxylic acids is 1. The van der Waals surface area contributed by atoms with E-state index in [1.54, 1.807) is 13.2 Å². The van der Waals surface area contributed by atoms with Crippen LogP contribution in [0.15, 0.2) is 36.4 Å². The summed E-state index contributed by atoms with van der Waals surface area (Å²) in [5, 5.41) is 0. The summed E-state index contributed by atoms with van der Waals surface area (Å²) in [4.78, 5) is 11.3. The third kappa shape index (κ3) is 2.16. The van der Waals surface area contributed by atoms with E-state index in [0.29, 0.717) is 11.3 Å². The van der Waals surface area contributed by atoms with E-state index < -0.39 is 0 Å². The Kier molecular flexibility index (Phi) is 3.42. The molecule has 0 fully saturated rings. The van der Waals surface area contributed by atoms with Gasteiger partial charge in [0.25, 0.3) is 0 Å². The van der Waals surface area contributed by atoms with Crippen molar-refractivity contribution in [2.75, 3.05) is 13.7 Å². The number of rotatable bonds is 3. The third-order valence-electron chi connectivity index (χ3n) is 3.61. The van der Waals surface area contributed by atoms with Crippen molar-refractivity contribution in [3.8, 4) is 22.6 Å². The lowest BCUT2D eigenvalue weighted by Crippen LogP contribution is -2.09. The Balaban J connectivity index is 2.16. The van der Waals surface area contributed by atoms with Crippen LogP contribution in [-0.4, -0.2) is 20.0 Å². The summed E-state index contributed by atoms with van der Waals surface area (Å²) in [5.41, 5.74) is 3.69. The van der Waals surface area contributed by atoms with E-state index in [0.717, 1.165) is 42.6 Å². The SMILES string of the molecule is COc1ccc(-c2cccc3c2OCCC3)c(C=O)c1. The van der Waals surface area contributed by atoms with Gasteiger partial charge >= 0.3 is 0 Å². The van der Waals surface area contributed by atoms with Crippen LogP contribution < -0.4 is 9.47 Å². The molecule has 3 nitrogen and oxygen atoms in total. The van der Waals surface area contributed by atoms with Crippen LogP contribution in [0.5, 0.6) is 11.5 Å². The third-order valence-corrected chi connectivity index (χ3v) is 3.61. The molecule has 0 amide bonds. The molecule has 0 N–H and O–H groups in total. The van der Waals surface area contributed by atoms with Gasteiger partial charge in [0.05, 0.1) is 13.7 Å². The van der Waals surface area contributed by atoms with Gasteiger partial charge in [-0.25, -0.2) is 0 Å². The number of hydrogen-bond acceptors (Lipinski definition) is 3. The van der Waals surface area contributed by atoms with Crippen molar-refractivity contribution in [1.29, 1.82) is 0 Å². The Hall–Kier alpha value is -2.29. The van der Waals surface area contributed by atoms with Gasteiger partial charge in [-0.1, -0.05) is 18.2 Å². The first kappa shape index (κ1) is 12.7. The topological polar surface area (TPSA) is 35.5 Å². The summed E-state index contributed by atoms with van der Waals surface area (Å²) in [6, 6.07) is 11.6. The molecule has 1 aliphatic heterocycles. The Morgan fingerprint density at radius 1 is 1.20 bits per heavy atom. The Labute approximate surface area is 118 Å². The summed E-state index contributed by atoms with van der Waals surface area (Å²) >= 11 is 0. The van der Waals surface area contributed by atoms with E-state index in [4.69, 9.17) is 9.47 Å². The summed E-state index contributed by atoms with van der Waals surface area (Å²) < 4.78 is 11.0. The molecule has 1 aliphatic rings. The second kappa shape index (κ2) is 5.37. The van der Waals surface area contributed by atoms with Crippen LogP contribution in [0, 0.1) is 0 Å². The molecule has 0 saturated carbocycles. The van der Waals surface area contributed by atoms with Gasteiger partial charge in [0.15, 0.2) is 6.29 Å². The molecule has 0 atom stereocenters. The number of ether oxygens (including phenoxy) is 2. The molecule has 0 unspecified atom stereocenters. The van der Waals surface area contributed by atoms with Crippen LogP contribution in [0.3, 0.4) is 0 Å². The molecular formula is C17H16O3. The number of methoxy groups -OCH3 is 1. The lowest BCUT2D eigenvalue weighted by Gasteiger charge is -2.21. The van der Waals surface area contributed by atoms with Crippen LogP contribution >= 0.6 is 0 Å². The maximum atomic E-state index is 11.3. The van der Waals surface area contributed by atoms with Gasteiger partial charge in [-0.05, 0) is 42.2 Å². The van der Waals surface area contributed by atoms with Crippen LogP contribution in [0.2, 0.25) is 0 Å². The minimum Gasteiger partial charge on any atom is -0.497 e. The second-order valence-corrected chi connectivity index (χ2v) is 4.82. The zero-order valence-electron chi connectivity index (χ0n) is 11.4. The van der Waals surface area contributed by atoms with Gasteiger partial charge in [-0.3, -0.25) is 4.79 Å². The van der Waals surface area contributed by atoms with Crippen LogP contribution in [-0.2, 0) is 6.42 Å². The lowest BCUT2D eigenvalue weighted by molar-refractivity contribution is 0.112. The molecule has 0 aromatic heterocycles. The highest BCUT2D eigenvalue weighted by molar-refractivity contribution is 5.90. The van der Waals surface area contributed by atoms with E-state index in [2.05, 4.69) is 6.07 Å². The highest BCUT2D eigenvalue weighted by Crippen LogP contribution is 2.38. The molecule has 1 heterocycles. The molecular weight excluding hydrogens is 252 g/mol. The highest BCUT2D eigenvalue weighted by atomic mass is 16.5. The van der Waals surface area contributed by atoms with Crippen molar-refractivity contribution in [2.24, 2.45) is 0 Å². The molecule has 0 radical (unpaired) electrons. The number of fused-ring (bicyclic) bond motifs is 1. The lowest BCUT2D eigenvalue weighted by atomic mass is 9.95. The molecule has 20 heavy (non-hydrogen) atoms. The molecule has 0 saturated heterocycles. The molecule has 0 spiro atoms. The molecule has 3 heteroatoms. The fraction of sp³-hybridized carbons (Fsp3) is 0.235. The van der Waals surface area contributed by atoms with Crippen molar-refractivity contribution in [1.82, 2.24) is 0 Å². The standard InChI is InChI=1S/C17H16O3/c1-19-14-7-8-15(13(10-14)11-18)16-6-2-4-12-5-3-9-20-17(12)16/h2,4,6-8,10-11H,3,5,9H2,1H3. The van der Waals surface area contributed by atoms with Crippen LogP contribution in [0.4, 0.5) is 0 Å². The minimum atomic E-state index is 0.618. The number of benzene rings is 2. The largest absolute Gasteiger partial charge is 0.497 e. The average Bonchev–Trinajstić information content (AvgIpc) is 2.53. The summed E-state index contributed by atoms with van der Waals surface area (Å²) in [6.45, 7) is 0.733. The molecule has 3 rings (SSSR count). The summed E-state index contributed by atoms with van der Waals surface area (Å²) in [7, 11) is 1.59. The van der Waals surface area contributed by atoms with Gasteiger partial charge in [0.2, 0.25) is 0 Å². The average molecular weight is 268 g/mol. The van der Waals surface area contributed by atoms with E-state index in [-0.39, 0.29) is 0 Å². The van der Waals surface area contributed by atoms with Gasteiger partial charge in [-0.2, -0.15) is 0 Å². The van der Waals surface area contributed by atoms with Gasteiger partial charge in [0.1, 0.15) is 11.5 Å². The number of carbonyl (C=O) groups is 1. The quantitative estimate of drug-likeness (QED) is 0.799. The smallest absolute Gasteiger partial charge is 0.150 e. The Morgan fingerprint density at radius 2 is 2.10 bits per heavy atom. The van der Waals surface area contributed by atoms with Gasteiger partial charge in [-0.15, -0.1) is 0 Å². The number of aryl methyl sites for hydroxylation is 1. The maximum Gasteiger partial charge on any atom is 0.150 e. The first-order valence-electron chi connectivity index (χ1n) is 6.72. The fourth-order valence-corrected chi connectivity index (χ4v) is 2.61. The number of aldehydes is 1. The van der Waals surface area contributed by atoms with Gasteiger partial charge in [0, 0.05) is 11.1 Å². The monoisotopic (exact) mass is 268 g/mol. The maximum absolute atomic E-state index is 11.3. The first-order valence-corrected chi connectivity index (χ1v) is 6.72. The molecule has 0 aliphatic carbocycles. The van der Waals surface area contributed by atoms with Gasteiger partial charge < -0.3 is 9.47 Å². The molecule has 2 aromatic carbocycles. The predicted octanol–water partition coefficient (Wildman–Crippen LogP) is 3.50. The van der Waals surface area contributed by atoms with E-state index in [1.165, 1.54) is 5.56 Å². The zero-order chi connectivity index (χ0) is 13.9. The first-order chi connectivity index (χ1) is 9.83. The van der Waals surface area contributed by atoms with Crippen LogP contribution in [0.1, 0.15) is 22.3 Å². The van der Waals surface area contributed by atoms with Crippen molar-refractivity contribution >= 4 is 6.29 Å². The van der Waals surface area contributed by atoms with Crippen molar-refractivity contribution < 1.29 is 14.3 Å². The van der Waals surface area contributed by atoms with E-state index >= 15 is 0 Å². The van der Waals surface area contributed by atoms with E-state index in [1.807, 2.05) is 24.3 Å². The number of hydrogen-bond donors (Lipinski definition) is 0. The zero-order valence-corrected chi connectivity index (χ0v) is 11.4. The molecule has 2 aromatic rings. The van der Waals surface area contributed by atoms with Crippen molar-refractivity contribution in [2.45, 2.75) is 12.8 Å². The molecule has 102 valence electrons. The Bertz CT molecular complexity index is 647. The second-order valence-electron chi connectivity index (χ2n) is 4.82. The van der Waals surface area contributed by atoms with Crippen molar-refractivity contribution in [3.63, 3.8) is 0 Å². The molecule has 0 bridgehead atoms. The predicted molar refractivity (Wildman–Crippen MR) is 77.6 cm³/mol. The number of para-hydroxylation sites is 1. The minimum absolute atomic E-state index is 0.618. The fourth-order valence-electron chi connectivity index (χ4n) is 2.61. The highest BCUT2D eigenvalue weighted by Gasteiger charge is 2.17. The summed E-state index contributed by atoms with van der Waals surface area (Å²) in [6.07, 6.45) is 2.93.